The first kappa shape index (κ1) is 6.50. The van der Waals surface area contributed by atoms with Crippen molar-refractivity contribution in [2.45, 2.75) is 0 Å². The minimum atomic E-state index is 0.474. The second-order valence-corrected chi connectivity index (χ2v) is 1.83. The van der Waals surface area contributed by atoms with Crippen molar-refractivity contribution in [3.05, 3.63) is 36.7 Å². The smallest absolute Gasteiger partial charge is 0.0991 e. The fourth-order valence-electron chi connectivity index (χ4n) is 0.618. The zero-order chi connectivity index (χ0) is 7.40. The lowest BCUT2D eigenvalue weighted by Gasteiger charge is -1.91. The molecule has 0 spiro atoms. The van der Waals surface area contributed by atoms with E-state index in [4.69, 9.17) is 5.26 Å². The molecule has 0 unspecified atom stereocenters. The third-order valence-electron chi connectivity index (χ3n) is 1.16. The van der Waals surface area contributed by atoms with Crippen LogP contribution >= 0.6 is 0 Å². The second kappa shape index (κ2) is 2.79. The van der Waals surface area contributed by atoms with Gasteiger partial charge in [-0.1, -0.05) is 6.58 Å². The topological polar surface area (TPSA) is 36.7 Å². The van der Waals surface area contributed by atoms with Gasteiger partial charge < -0.3 is 0 Å². The van der Waals surface area contributed by atoms with E-state index in [1.54, 1.807) is 24.5 Å². The van der Waals surface area contributed by atoms with Gasteiger partial charge in [-0.05, 0) is 17.7 Å². The van der Waals surface area contributed by atoms with Crippen molar-refractivity contribution < 1.29 is 0 Å². The van der Waals surface area contributed by atoms with Crippen molar-refractivity contribution in [3.63, 3.8) is 0 Å². The number of hydrogen-bond acceptors (Lipinski definition) is 2. The quantitative estimate of drug-likeness (QED) is 0.541. The number of nitriles is 1. The lowest BCUT2D eigenvalue weighted by atomic mass is 10.1. The Labute approximate surface area is 59.4 Å². The second-order valence-electron chi connectivity index (χ2n) is 1.83. The third kappa shape index (κ3) is 1.20. The number of aromatic nitrogens is 1. The molecule has 1 heterocycles. The molecule has 0 atom stereocenters. The first-order chi connectivity index (χ1) is 4.84. The summed E-state index contributed by atoms with van der Waals surface area (Å²) < 4.78 is 0. The summed E-state index contributed by atoms with van der Waals surface area (Å²) in [5.74, 6) is 0. The molecular formula is C8H6N2. The monoisotopic (exact) mass is 130 g/mol. The molecule has 0 aliphatic carbocycles. The highest BCUT2D eigenvalue weighted by atomic mass is 14.6. The Balaban J connectivity index is 2.99. The average Bonchev–Trinajstić information content (AvgIpc) is 2.05. The molecule has 1 rings (SSSR count). The predicted octanol–water partition coefficient (Wildman–Crippen LogP) is 1.62. The SMILES string of the molecule is C=C(C#N)c1ccncc1. The lowest BCUT2D eigenvalue weighted by molar-refractivity contribution is 1.32. The Hall–Kier alpha value is -1.62. The number of allylic oxidation sites excluding steroid dienone is 1. The molecule has 0 aliphatic heterocycles. The summed E-state index contributed by atoms with van der Waals surface area (Å²) in [5, 5.41) is 8.42. The summed E-state index contributed by atoms with van der Waals surface area (Å²) in [6, 6.07) is 5.47. The zero-order valence-electron chi connectivity index (χ0n) is 5.41. The minimum Gasteiger partial charge on any atom is -0.265 e. The van der Waals surface area contributed by atoms with Gasteiger partial charge >= 0.3 is 0 Å². The maximum Gasteiger partial charge on any atom is 0.0991 e. The molecule has 0 amide bonds. The van der Waals surface area contributed by atoms with E-state index in [-0.39, 0.29) is 0 Å². The van der Waals surface area contributed by atoms with Crippen molar-refractivity contribution in [1.82, 2.24) is 4.98 Å². The molecule has 0 aliphatic rings. The van der Waals surface area contributed by atoms with E-state index in [0.717, 1.165) is 5.56 Å². The van der Waals surface area contributed by atoms with Crippen molar-refractivity contribution in [2.75, 3.05) is 0 Å². The molecule has 0 saturated carbocycles. The Morgan fingerprint density at radius 1 is 1.50 bits per heavy atom. The van der Waals surface area contributed by atoms with Crippen LogP contribution in [-0.4, -0.2) is 4.98 Å². The zero-order valence-corrected chi connectivity index (χ0v) is 5.41. The van der Waals surface area contributed by atoms with E-state index in [9.17, 15) is 0 Å². The van der Waals surface area contributed by atoms with Crippen molar-refractivity contribution >= 4 is 5.57 Å². The van der Waals surface area contributed by atoms with Crippen molar-refractivity contribution in [1.29, 1.82) is 5.26 Å². The molecule has 0 N–H and O–H groups in total. The van der Waals surface area contributed by atoms with Crippen molar-refractivity contribution in [3.8, 4) is 6.07 Å². The van der Waals surface area contributed by atoms with E-state index in [1.807, 2.05) is 6.07 Å². The maximum absolute atomic E-state index is 8.42. The van der Waals surface area contributed by atoms with Crippen LogP contribution in [0.15, 0.2) is 31.1 Å². The molecule has 10 heavy (non-hydrogen) atoms. The van der Waals surface area contributed by atoms with Crippen LogP contribution in [0.5, 0.6) is 0 Å². The molecule has 0 bridgehead atoms. The average molecular weight is 130 g/mol. The van der Waals surface area contributed by atoms with Crippen LogP contribution in [0, 0.1) is 11.3 Å². The van der Waals surface area contributed by atoms with Crippen LogP contribution in [0.1, 0.15) is 5.56 Å². The van der Waals surface area contributed by atoms with Crippen LogP contribution in [-0.2, 0) is 0 Å². The lowest BCUT2D eigenvalue weighted by Crippen LogP contribution is -1.77. The van der Waals surface area contributed by atoms with Crippen molar-refractivity contribution in [2.24, 2.45) is 0 Å². The maximum atomic E-state index is 8.42. The molecule has 2 heteroatoms. The largest absolute Gasteiger partial charge is 0.265 e. The van der Waals surface area contributed by atoms with Gasteiger partial charge in [0, 0.05) is 12.4 Å². The molecule has 0 fully saturated rings. The van der Waals surface area contributed by atoms with Gasteiger partial charge in [0.05, 0.1) is 11.6 Å². The molecule has 0 saturated heterocycles. The number of hydrogen-bond donors (Lipinski definition) is 0. The molecule has 1 aromatic heterocycles. The number of rotatable bonds is 1. The summed E-state index contributed by atoms with van der Waals surface area (Å²) in [6.45, 7) is 3.55. The van der Waals surface area contributed by atoms with Gasteiger partial charge in [-0.15, -0.1) is 0 Å². The Morgan fingerprint density at radius 3 is 2.60 bits per heavy atom. The summed E-state index contributed by atoms with van der Waals surface area (Å²) in [7, 11) is 0. The molecule has 0 radical (unpaired) electrons. The molecule has 48 valence electrons. The molecule has 2 nitrogen and oxygen atoms in total. The van der Waals surface area contributed by atoms with Crippen LogP contribution < -0.4 is 0 Å². The Morgan fingerprint density at radius 2 is 2.10 bits per heavy atom. The first-order valence-electron chi connectivity index (χ1n) is 2.84. The highest BCUT2D eigenvalue weighted by molar-refractivity contribution is 5.74. The Kier molecular flexibility index (Phi) is 1.81. The third-order valence-corrected chi connectivity index (χ3v) is 1.16. The van der Waals surface area contributed by atoms with Crippen LogP contribution in [0.2, 0.25) is 0 Å². The van der Waals surface area contributed by atoms with E-state index < -0.39 is 0 Å². The van der Waals surface area contributed by atoms with Crippen LogP contribution in [0.3, 0.4) is 0 Å². The van der Waals surface area contributed by atoms with E-state index >= 15 is 0 Å². The molecule has 0 aromatic carbocycles. The first-order valence-corrected chi connectivity index (χ1v) is 2.84. The number of pyridine rings is 1. The van der Waals surface area contributed by atoms with Gasteiger partial charge in [0.25, 0.3) is 0 Å². The summed E-state index contributed by atoms with van der Waals surface area (Å²) >= 11 is 0. The van der Waals surface area contributed by atoms with Crippen LogP contribution in [0.4, 0.5) is 0 Å². The van der Waals surface area contributed by atoms with Gasteiger partial charge in [0.15, 0.2) is 0 Å². The van der Waals surface area contributed by atoms with Crippen LogP contribution in [0.25, 0.3) is 5.57 Å². The summed E-state index contributed by atoms with van der Waals surface area (Å²) in [5.41, 5.74) is 1.31. The fraction of sp³-hybridized carbons (Fsp3) is 0. The van der Waals surface area contributed by atoms with E-state index in [0.29, 0.717) is 5.57 Å². The predicted molar refractivity (Wildman–Crippen MR) is 38.9 cm³/mol. The highest BCUT2D eigenvalue weighted by Crippen LogP contribution is 2.07. The minimum absolute atomic E-state index is 0.474. The van der Waals surface area contributed by atoms with Gasteiger partial charge in [-0.3, -0.25) is 4.98 Å². The van der Waals surface area contributed by atoms with Gasteiger partial charge in [0.1, 0.15) is 0 Å². The van der Waals surface area contributed by atoms with Gasteiger partial charge in [0.2, 0.25) is 0 Å². The highest BCUT2D eigenvalue weighted by Gasteiger charge is 1.92. The molecular weight excluding hydrogens is 124 g/mol. The molecule has 1 aromatic rings. The summed E-state index contributed by atoms with van der Waals surface area (Å²) in [4.78, 5) is 3.81. The summed E-state index contributed by atoms with van der Waals surface area (Å²) in [6.07, 6.45) is 3.27. The number of nitrogens with zero attached hydrogens (tertiary/aromatic N) is 2. The standard InChI is InChI=1S/C8H6N2/c1-7(6-9)8-2-4-10-5-3-8/h2-5H,1H2. The van der Waals surface area contributed by atoms with Gasteiger partial charge in [-0.25, -0.2) is 0 Å². The fourth-order valence-corrected chi connectivity index (χ4v) is 0.618. The van der Waals surface area contributed by atoms with E-state index in [2.05, 4.69) is 11.6 Å². The van der Waals surface area contributed by atoms with E-state index in [1.165, 1.54) is 0 Å². The van der Waals surface area contributed by atoms with Gasteiger partial charge in [-0.2, -0.15) is 5.26 Å². The Bertz CT molecular complexity index is 269. The normalized spacial score (nSPS) is 8.30.